The van der Waals surface area contributed by atoms with E-state index in [1.807, 2.05) is 41.0 Å². The highest BCUT2D eigenvalue weighted by Crippen LogP contribution is 2.39. The summed E-state index contributed by atoms with van der Waals surface area (Å²) in [5.74, 6) is 1.24. The molecule has 0 atom stereocenters. The Kier molecular flexibility index (Phi) is 4.37. The van der Waals surface area contributed by atoms with Gasteiger partial charge in [0.25, 0.3) is 0 Å². The molecular formula is C18H20N4O. The summed E-state index contributed by atoms with van der Waals surface area (Å²) in [6.07, 6.45) is 2.66. The molecule has 0 saturated heterocycles. The Morgan fingerprint density at radius 1 is 1.09 bits per heavy atom. The van der Waals surface area contributed by atoms with Gasteiger partial charge in [-0.3, -0.25) is 0 Å². The molecule has 3 rings (SSSR count). The lowest BCUT2D eigenvalue weighted by molar-refractivity contribution is 0.407. The molecule has 0 aliphatic heterocycles. The minimum atomic E-state index is 0.159. The smallest absolute Gasteiger partial charge is 0.220 e. The third kappa shape index (κ3) is 3.23. The zero-order valence-corrected chi connectivity index (χ0v) is 13.3. The van der Waals surface area contributed by atoms with Crippen LogP contribution < -0.4 is 0 Å². The maximum atomic E-state index is 10.6. The predicted octanol–water partition coefficient (Wildman–Crippen LogP) is 5.20. The number of hydrogen-bond donors (Lipinski definition) is 1. The molecule has 23 heavy (non-hydrogen) atoms. The number of aromatic nitrogens is 2. The summed E-state index contributed by atoms with van der Waals surface area (Å²) in [4.78, 5) is 4.12. The Morgan fingerprint density at radius 2 is 1.87 bits per heavy atom. The summed E-state index contributed by atoms with van der Waals surface area (Å²) >= 11 is 0. The van der Waals surface area contributed by atoms with Gasteiger partial charge in [0.15, 0.2) is 11.5 Å². The first-order chi connectivity index (χ1) is 11.2. The van der Waals surface area contributed by atoms with Crippen LogP contribution in [0.1, 0.15) is 20.3 Å². The zero-order valence-electron chi connectivity index (χ0n) is 13.3. The van der Waals surface area contributed by atoms with Gasteiger partial charge in [0, 0.05) is 18.1 Å². The molecular weight excluding hydrogens is 288 g/mol. The Bertz CT molecular complexity index is 822. The number of hydrogen-bond acceptors (Lipinski definition) is 4. The molecule has 0 aliphatic carbocycles. The van der Waals surface area contributed by atoms with E-state index in [2.05, 4.69) is 29.1 Å². The van der Waals surface area contributed by atoms with Gasteiger partial charge in [-0.25, -0.2) is 4.98 Å². The van der Waals surface area contributed by atoms with Crippen molar-refractivity contribution in [3.63, 3.8) is 0 Å². The number of nitrogens with zero attached hydrogens (tertiary/aromatic N) is 4. The summed E-state index contributed by atoms with van der Waals surface area (Å²) in [6.45, 7) is 5.10. The molecule has 0 saturated carbocycles. The van der Waals surface area contributed by atoms with Gasteiger partial charge >= 0.3 is 0 Å². The molecule has 0 aliphatic rings. The van der Waals surface area contributed by atoms with Crippen LogP contribution in [-0.4, -0.2) is 14.7 Å². The lowest BCUT2D eigenvalue weighted by atomic mass is 10.1. The average molecular weight is 308 g/mol. The van der Waals surface area contributed by atoms with E-state index in [4.69, 9.17) is 0 Å². The standard InChI is InChI=1S/C18H20N4O/c1-13(2)10-12-22-15-8-4-3-7-14(15)17(18(22)23)21-20-16-9-5-6-11-19-16/h3-9,11,13,23H,10,12H2,1-2H3. The van der Waals surface area contributed by atoms with E-state index in [1.165, 1.54) is 0 Å². The number of para-hydroxylation sites is 1. The molecule has 1 N–H and O–H groups in total. The molecule has 5 heteroatoms. The van der Waals surface area contributed by atoms with Crippen molar-refractivity contribution in [1.29, 1.82) is 0 Å². The van der Waals surface area contributed by atoms with Crippen LogP contribution in [0.15, 0.2) is 58.9 Å². The van der Waals surface area contributed by atoms with E-state index < -0.39 is 0 Å². The number of aromatic hydroxyl groups is 1. The zero-order chi connectivity index (χ0) is 16.2. The van der Waals surface area contributed by atoms with Gasteiger partial charge in [0.1, 0.15) is 0 Å². The molecule has 0 unspecified atom stereocenters. The second-order valence-electron chi connectivity index (χ2n) is 5.91. The van der Waals surface area contributed by atoms with E-state index >= 15 is 0 Å². The first-order valence-electron chi connectivity index (χ1n) is 7.80. The highest BCUT2D eigenvalue weighted by Gasteiger charge is 2.16. The van der Waals surface area contributed by atoms with E-state index in [0.717, 1.165) is 23.9 Å². The molecule has 5 nitrogen and oxygen atoms in total. The van der Waals surface area contributed by atoms with Crippen LogP contribution in [-0.2, 0) is 6.54 Å². The minimum Gasteiger partial charge on any atom is -0.493 e. The van der Waals surface area contributed by atoms with Crippen LogP contribution >= 0.6 is 0 Å². The van der Waals surface area contributed by atoms with Crippen molar-refractivity contribution >= 4 is 22.4 Å². The van der Waals surface area contributed by atoms with Gasteiger partial charge in [0.05, 0.1) is 5.52 Å². The fourth-order valence-corrected chi connectivity index (χ4v) is 2.50. The summed E-state index contributed by atoms with van der Waals surface area (Å²) in [5.41, 5.74) is 1.47. The molecule has 0 spiro atoms. The third-order valence-electron chi connectivity index (χ3n) is 3.75. The molecule has 1 aromatic carbocycles. The fraction of sp³-hybridized carbons (Fsp3) is 0.278. The van der Waals surface area contributed by atoms with Crippen molar-refractivity contribution in [3.05, 3.63) is 48.7 Å². The lowest BCUT2D eigenvalue weighted by Gasteiger charge is -2.08. The number of azo groups is 1. The molecule has 3 aromatic rings. The van der Waals surface area contributed by atoms with Crippen molar-refractivity contribution in [2.75, 3.05) is 0 Å². The van der Waals surface area contributed by atoms with Crippen LogP contribution in [0.25, 0.3) is 10.9 Å². The van der Waals surface area contributed by atoms with Crippen molar-refractivity contribution < 1.29 is 5.11 Å². The Labute approximate surface area is 135 Å². The van der Waals surface area contributed by atoms with Crippen LogP contribution in [0, 0.1) is 5.92 Å². The van der Waals surface area contributed by atoms with Gasteiger partial charge in [0.2, 0.25) is 5.88 Å². The number of fused-ring (bicyclic) bond motifs is 1. The molecule has 2 heterocycles. The Hall–Kier alpha value is -2.69. The van der Waals surface area contributed by atoms with E-state index in [1.54, 1.807) is 12.3 Å². The van der Waals surface area contributed by atoms with Crippen LogP contribution in [0.5, 0.6) is 5.88 Å². The van der Waals surface area contributed by atoms with Gasteiger partial charge in [-0.15, -0.1) is 10.2 Å². The fourth-order valence-electron chi connectivity index (χ4n) is 2.50. The van der Waals surface area contributed by atoms with Crippen molar-refractivity contribution in [1.82, 2.24) is 9.55 Å². The van der Waals surface area contributed by atoms with Crippen molar-refractivity contribution in [2.45, 2.75) is 26.8 Å². The van der Waals surface area contributed by atoms with Crippen molar-refractivity contribution in [3.8, 4) is 5.88 Å². The maximum absolute atomic E-state index is 10.6. The SMILES string of the molecule is CC(C)CCn1c(O)c(N=Nc2ccccn2)c2ccccc21. The maximum Gasteiger partial charge on any atom is 0.220 e. The van der Waals surface area contributed by atoms with E-state index in [0.29, 0.717) is 17.4 Å². The monoisotopic (exact) mass is 308 g/mol. The van der Waals surface area contributed by atoms with Gasteiger partial charge in [-0.1, -0.05) is 38.1 Å². The normalized spacial score (nSPS) is 11.8. The van der Waals surface area contributed by atoms with E-state index in [9.17, 15) is 5.11 Å². The quantitative estimate of drug-likeness (QED) is 0.658. The summed E-state index contributed by atoms with van der Waals surface area (Å²) in [5, 5.41) is 19.9. The topological polar surface area (TPSA) is 62.8 Å². The van der Waals surface area contributed by atoms with E-state index in [-0.39, 0.29) is 5.88 Å². The van der Waals surface area contributed by atoms with Gasteiger partial charge in [-0.05, 0) is 30.5 Å². The molecule has 0 amide bonds. The molecule has 0 bridgehead atoms. The van der Waals surface area contributed by atoms with Crippen molar-refractivity contribution in [2.24, 2.45) is 16.1 Å². The highest BCUT2D eigenvalue weighted by atomic mass is 16.3. The molecule has 0 fully saturated rings. The van der Waals surface area contributed by atoms with Crippen LogP contribution in [0.4, 0.5) is 11.5 Å². The Morgan fingerprint density at radius 3 is 2.61 bits per heavy atom. The molecule has 0 radical (unpaired) electrons. The number of aryl methyl sites for hydroxylation is 1. The lowest BCUT2D eigenvalue weighted by Crippen LogP contribution is -2.00. The Balaban J connectivity index is 2.03. The minimum absolute atomic E-state index is 0.159. The largest absolute Gasteiger partial charge is 0.493 e. The third-order valence-corrected chi connectivity index (χ3v) is 3.75. The first-order valence-corrected chi connectivity index (χ1v) is 7.80. The van der Waals surface area contributed by atoms with Gasteiger partial charge < -0.3 is 9.67 Å². The summed E-state index contributed by atoms with van der Waals surface area (Å²) in [7, 11) is 0. The number of pyridine rings is 1. The summed E-state index contributed by atoms with van der Waals surface area (Å²) in [6, 6.07) is 13.3. The highest BCUT2D eigenvalue weighted by molar-refractivity contribution is 5.94. The predicted molar refractivity (Wildman–Crippen MR) is 91.5 cm³/mol. The number of benzene rings is 1. The van der Waals surface area contributed by atoms with Crippen LogP contribution in [0.2, 0.25) is 0 Å². The average Bonchev–Trinajstić information content (AvgIpc) is 2.83. The molecule has 118 valence electrons. The summed E-state index contributed by atoms with van der Waals surface area (Å²) < 4.78 is 1.90. The number of rotatable bonds is 5. The van der Waals surface area contributed by atoms with Crippen LogP contribution in [0.3, 0.4) is 0 Å². The second-order valence-corrected chi connectivity index (χ2v) is 5.91. The van der Waals surface area contributed by atoms with Gasteiger partial charge in [-0.2, -0.15) is 0 Å². The second kappa shape index (κ2) is 6.60. The molecule has 2 aromatic heterocycles. The first kappa shape index (κ1) is 15.2.